The van der Waals surface area contributed by atoms with E-state index in [1.165, 1.54) is 4.90 Å². The molecule has 0 radical (unpaired) electrons. The summed E-state index contributed by atoms with van der Waals surface area (Å²) in [5.41, 5.74) is -0.270. The number of carbonyl (C=O) groups is 6. The van der Waals surface area contributed by atoms with Crippen LogP contribution in [0.25, 0.3) is 0 Å². The molecule has 1 heterocycles. The fourth-order valence-corrected chi connectivity index (χ4v) is 4.72. The number of nitrogens with one attached hydrogen (secondary N) is 5. The van der Waals surface area contributed by atoms with E-state index in [1.807, 2.05) is 78.8 Å². The van der Waals surface area contributed by atoms with Gasteiger partial charge in [0.15, 0.2) is 0 Å². The van der Waals surface area contributed by atoms with Crippen LogP contribution >= 0.6 is 0 Å². The smallest absolute Gasteiger partial charge is 0.315 e. The molecule has 12 heteroatoms. The Bertz CT molecular complexity index is 1160. The van der Waals surface area contributed by atoms with Crippen molar-refractivity contribution in [2.75, 3.05) is 13.1 Å². The molecule has 43 heavy (non-hydrogen) atoms. The minimum Gasteiger partial charge on any atom is -0.350 e. The van der Waals surface area contributed by atoms with Gasteiger partial charge in [-0.3, -0.25) is 24.0 Å². The number of benzene rings is 1. The summed E-state index contributed by atoms with van der Waals surface area (Å²) in [6, 6.07) is 5.88. The third-order valence-electron chi connectivity index (χ3n) is 6.89. The van der Waals surface area contributed by atoms with Crippen LogP contribution in [0, 0.1) is 5.41 Å². The first-order chi connectivity index (χ1) is 20.0. The van der Waals surface area contributed by atoms with Crippen molar-refractivity contribution in [2.24, 2.45) is 5.41 Å². The van der Waals surface area contributed by atoms with E-state index in [9.17, 15) is 28.8 Å². The van der Waals surface area contributed by atoms with Gasteiger partial charge in [0.05, 0.1) is 12.6 Å². The first-order valence-corrected chi connectivity index (χ1v) is 14.9. The predicted molar refractivity (Wildman–Crippen MR) is 163 cm³/mol. The van der Waals surface area contributed by atoms with Crippen molar-refractivity contribution in [3.63, 3.8) is 0 Å². The molecule has 1 aromatic rings. The van der Waals surface area contributed by atoms with Gasteiger partial charge in [0.1, 0.15) is 12.1 Å². The number of hydrogen-bond donors (Lipinski definition) is 5. The minimum atomic E-state index is -1.11. The molecular weight excluding hydrogens is 552 g/mol. The number of Topliss-reactive ketones (excluding diaryl/α,β-unsaturated/α-hetero) is 1. The Hall–Kier alpha value is -3.96. The molecule has 2 unspecified atom stereocenters. The summed E-state index contributed by atoms with van der Waals surface area (Å²) in [6.45, 7) is 13.0. The van der Waals surface area contributed by atoms with Gasteiger partial charge in [0.25, 0.3) is 5.91 Å². The lowest BCUT2D eigenvalue weighted by molar-refractivity contribution is -0.144. The number of ketones is 1. The fourth-order valence-electron chi connectivity index (χ4n) is 4.72. The van der Waals surface area contributed by atoms with Crippen molar-refractivity contribution in [3.05, 3.63) is 35.9 Å². The van der Waals surface area contributed by atoms with Gasteiger partial charge in [-0.25, -0.2) is 4.79 Å². The monoisotopic (exact) mass is 600 g/mol. The second-order valence-electron chi connectivity index (χ2n) is 13.0. The Morgan fingerprint density at radius 3 is 2.16 bits per heavy atom. The molecule has 2 rings (SSSR count). The predicted octanol–water partition coefficient (Wildman–Crippen LogP) is 1.78. The zero-order chi connectivity index (χ0) is 32.4. The van der Waals surface area contributed by atoms with Crippen LogP contribution in [-0.4, -0.2) is 77.1 Å². The molecule has 0 bridgehead atoms. The molecule has 0 saturated carbocycles. The lowest BCUT2D eigenvalue weighted by atomic mass is 9.85. The molecule has 5 N–H and O–H groups in total. The second-order valence-corrected chi connectivity index (χ2v) is 13.0. The Labute approximate surface area is 254 Å². The number of rotatable bonds is 12. The minimum absolute atomic E-state index is 0.206. The van der Waals surface area contributed by atoms with Crippen LogP contribution in [0.15, 0.2) is 30.3 Å². The lowest BCUT2D eigenvalue weighted by Crippen LogP contribution is -2.61. The molecule has 6 amide bonds. The molecule has 1 aliphatic rings. The SMILES string of the molecule is CCCC(NC(=O)[C@@H]1CCCN1C(=O)C(NC(=O)NC(C)(C)C)C(C)(C)C)C(=O)C(=O)NCC(=O)NCc1ccccc1. The van der Waals surface area contributed by atoms with E-state index in [2.05, 4.69) is 26.6 Å². The van der Waals surface area contributed by atoms with E-state index >= 15 is 0 Å². The average Bonchev–Trinajstić information content (AvgIpc) is 3.42. The summed E-state index contributed by atoms with van der Waals surface area (Å²) in [5, 5.41) is 13.2. The normalized spacial score (nSPS) is 16.4. The third-order valence-corrected chi connectivity index (χ3v) is 6.89. The van der Waals surface area contributed by atoms with Gasteiger partial charge in [-0.05, 0) is 51.0 Å². The number of amides is 6. The summed E-state index contributed by atoms with van der Waals surface area (Å²) in [7, 11) is 0. The van der Waals surface area contributed by atoms with Crippen molar-refractivity contribution in [1.29, 1.82) is 0 Å². The van der Waals surface area contributed by atoms with Crippen LogP contribution in [0.1, 0.15) is 79.7 Å². The maximum Gasteiger partial charge on any atom is 0.315 e. The van der Waals surface area contributed by atoms with Gasteiger partial charge >= 0.3 is 6.03 Å². The number of likely N-dealkylation sites (tertiary alicyclic amines) is 1. The van der Waals surface area contributed by atoms with E-state index in [0.29, 0.717) is 25.8 Å². The molecule has 1 aliphatic heterocycles. The molecule has 3 atom stereocenters. The molecule has 1 aromatic carbocycles. The molecule has 1 saturated heterocycles. The summed E-state index contributed by atoms with van der Waals surface area (Å²) in [6.07, 6.45) is 1.66. The summed E-state index contributed by atoms with van der Waals surface area (Å²) < 4.78 is 0. The maximum absolute atomic E-state index is 13.7. The van der Waals surface area contributed by atoms with E-state index in [-0.39, 0.29) is 19.5 Å². The molecular formula is C31H48N6O6. The van der Waals surface area contributed by atoms with Crippen LogP contribution in [0.4, 0.5) is 4.79 Å². The van der Waals surface area contributed by atoms with Gasteiger partial charge in [-0.2, -0.15) is 0 Å². The zero-order valence-corrected chi connectivity index (χ0v) is 26.5. The van der Waals surface area contributed by atoms with Gasteiger partial charge in [0, 0.05) is 18.6 Å². The Kier molecular flexibility index (Phi) is 12.7. The fraction of sp³-hybridized carbons (Fsp3) is 0.613. The molecule has 238 valence electrons. The van der Waals surface area contributed by atoms with Gasteiger partial charge in [-0.1, -0.05) is 64.4 Å². The average molecular weight is 601 g/mol. The van der Waals surface area contributed by atoms with Crippen LogP contribution in [-0.2, 0) is 30.5 Å². The second kappa shape index (κ2) is 15.5. The van der Waals surface area contributed by atoms with Crippen molar-refractivity contribution < 1.29 is 28.8 Å². The molecule has 1 fully saturated rings. The van der Waals surface area contributed by atoms with E-state index in [0.717, 1.165) is 5.56 Å². The van der Waals surface area contributed by atoms with Gasteiger partial charge in [-0.15, -0.1) is 0 Å². The molecule has 0 spiro atoms. The first-order valence-electron chi connectivity index (χ1n) is 14.9. The highest BCUT2D eigenvalue weighted by molar-refractivity contribution is 6.38. The van der Waals surface area contributed by atoms with Crippen LogP contribution in [0.2, 0.25) is 0 Å². The van der Waals surface area contributed by atoms with E-state index in [1.54, 1.807) is 0 Å². The first kappa shape index (κ1) is 35.2. The quantitative estimate of drug-likeness (QED) is 0.229. The number of urea groups is 1. The molecule has 12 nitrogen and oxygen atoms in total. The van der Waals surface area contributed by atoms with E-state index < -0.39 is 64.5 Å². The zero-order valence-electron chi connectivity index (χ0n) is 26.5. The Morgan fingerprint density at radius 1 is 0.930 bits per heavy atom. The molecule has 0 aliphatic carbocycles. The van der Waals surface area contributed by atoms with Gasteiger partial charge in [0.2, 0.25) is 23.5 Å². The standard InChI is InChI=1S/C31H48N6O6/c1-8-13-21(24(39)27(41)33-19-23(38)32-18-20-14-10-9-11-15-20)34-26(40)22-16-12-17-37(22)28(42)25(30(2,3)4)35-29(43)36-31(5,6)7/h9-11,14-15,21-22,25H,8,12-13,16-19H2,1-7H3,(H,32,38)(H,33,41)(H,34,40)(H2,35,36,43)/t21?,22-,25?/m0/s1. The van der Waals surface area contributed by atoms with Crippen molar-refractivity contribution in [1.82, 2.24) is 31.5 Å². The number of carbonyl (C=O) groups excluding carboxylic acids is 6. The van der Waals surface area contributed by atoms with E-state index in [4.69, 9.17) is 0 Å². The third kappa shape index (κ3) is 11.3. The van der Waals surface area contributed by atoms with Crippen LogP contribution < -0.4 is 26.6 Å². The van der Waals surface area contributed by atoms with Crippen molar-refractivity contribution in [3.8, 4) is 0 Å². The highest BCUT2D eigenvalue weighted by Gasteiger charge is 2.43. The number of nitrogens with zero attached hydrogens (tertiary/aromatic N) is 1. The number of hydrogen-bond acceptors (Lipinski definition) is 6. The lowest BCUT2D eigenvalue weighted by Gasteiger charge is -2.36. The molecule has 0 aromatic heterocycles. The summed E-state index contributed by atoms with van der Waals surface area (Å²) in [5.74, 6) is -3.24. The summed E-state index contributed by atoms with van der Waals surface area (Å²) in [4.78, 5) is 78.9. The summed E-state index contributed by atoms with van der Waals surface area (Å²) >= 11 is 0. The topological polar surface area (TPSA) is 166 Å². The maximum atomic E-state index is 13.7. The Morgan fingerprint density at radius 2 is 1.58 bits per heavy atom. The largest absolute Gasteiger partial charge is 0.350 e. The highest BCUT2D eigenvalue weighted by Crippen LogP contribution is 2.26. The van der Waals surface area contributed by atoms with Crippen LogP contribution in [0.5, 0.6) is 0 Å². The van der Waals surface area contributed by atoms with Gasteiger partial charge < -0.3 is 31.5 Å². The highest BCUT2D eigenvalue weighted by atomic mass is 16.2. The van der Waals surface area contributed by atoms with Crippen molar-refractivity contribution in [2.45, 2.75) is 104 Å². The Balaban J connectivity index is 2.03. The van der Waals surface area contributed by atoms with Crippen molar-refractivity contribution >= 4 is 35.4 Å². The van der Waals surface area contributed by atoms with Crippen LogP contribution in [0.3, 0.4) is 0 Å².